The molecule has 0 radical (unpaired) electrons. The average Bonchev–Trinajstić information content (AvgIpc) is 3.48. The van der Waals surface area contributed by atoms with Gasteiger partial charge in [0.1, 0.15) is 22.7 Å². The summed E-state index contributed by atoms with van der Waals surface area (Å²) in [5.41, 5.74) is 7.86. The zero-order valence-corrected chi connectivity index (χ0v) is 24.2. The number of halogens is 2. The topological polar surface area (TPSA) is 94.4 Å². The Hall–Kier alpha value is -3.34. The molecule has 0 unspecified atom stereocenters. The number of aryl methyl sites for hydroxylation is 1. The lowest BCUT2D eigenvalue weighted by Crippen LogP contribution is -2.43. The molecular weight excluding hydrogens is 583 g/mol. The molecule has 7 nitrogen and oxygen atoms in total. The van der Waals surface area contributed by atoms with Crippen molar-refractivity contribution in [2.75, 3.05) is 13.1 Å². The second-order valence-corrected chi connectivity index (χ2v) is 12.4. The molecule has 202 valence electrons. The van der Waals surface area contributed by atoms with Crippen molar-refractivity contribution in [3.05, 3.63) is 96.4 Å². The van der Waals surface area contributed by atoms with Crippen LogP contribution in [0, 0.1) is 18.7 Å². The number of nitrogens with zero attached hydrogens (tertiary/aromatic N) is 3. The summed E-state index contributed by atoms with van der Waals surface area (Å²) in [7, 11) is 0. The second kappa shape index (κ2) is 11.0. The van der Waals surface area contributed by atoms with Gasteiger partial charge < -0.3 is 15.1 Å². The molecule has 0 bridgehead atoms. The fourth-order valence-corrected chi connectivity index (χ4v) is 6.32. The highest BCUT2D eigenvalue weighted by Crippen LogP contribution is 2.33. The van der Waals surface area contributed by atoms with Crippen LogP contribution in [-0.2, 0) is 6.54 Å². The molecule has 1 atom stereocenters. The van der Waals surface area contributed by atoms with Gasteiger partial charge in [-0.15, -0.1) is 11.3 Å². The molecule has 0 aliphatic rings. The minimum Gasteiger partial charge on any atom is -0.448 e. The maximum Gasteiger partial charge on any atom is 0.297 e. The van der Waals surface area contributed by atoms with Crippen LogP contribution in [0.2, 0.25) is 0 Å². The Kier molecular flexibility index (Phi) is 7.70. The van der Waals surface area contributed by atoms with Gasteiger partial charge >= 0.3 is 0 Å². The Morgan fingerprint density at radius 1 is 1.18 bits per heavy atom. The molecule has 39 heavy (non-hydrogen) atoms. The SMILES string of the molecule is Cc1ccc(C(=O)N(CCN)[C@@H](c2nc3c(oc4ccc(F)cc43)c(=O)n2Cc2ccc(Br)s2)C(C)C)cc1. The maximum absolute atomic E-state index is 14.2. The Morgan fingerprint density at radius 3 is 2.56 bits per heavy atom. The molecule has 10 heteroatoms. The Balaban J connectivity index is 1.76. The number of nitrogens with two attached hydrogens (primary N) is 1. The number of carbonyl (C=O) groups excluding carboxylic acids is 1. The highest BCUT2D eigenvalue weighted by atomic mass is 79.9. The first-order valence-corrected chi connectivity index (χ1v) is 14.2. The van der Waals surface area contributed by atoms with Crippen LogP contribution in [0.3, 0.4) is 0 Å². The molecule has 0 aliphatic carbocycles. The highest BCUT2D eigenvalue weighted by molar-refractivity contribution is 9.11. The zero-order valence-electron chi connectivity index (χ0n) is 21.8. The number of furan rings is 1. The normalized spacial score (nSPS) is 12.5. The fraction of sp³-hybridized carbons (Fsp3) is 0.276. The molecular formula is C29H28BrFN4O3S. The smallest absolute Gasteiger partial charge is 0.297 e. The molecule has 3 heterocycles. The average molecular weight is 612 g/mol. The summed E-state index contributed by atoms with van der Waals surface area (Å²) >= 11 is 5.00. The molecule has 2 N–H and O–H groups in total. The Bertz CT molecular complexity index is 1720. The van der Waals surface area contributed by atoms with Gasteiger partial charge in [0, 0.05) is 28.9 Å². The summed E-state index contributed by atoms with van der Waals surface area (Å²) in [5, 5.41) is 0.409. The summed E-state index contributed by atoms with van der Waals surface area (Å²) in [6.07, 6.45) is 0. The lowest BCUT2D eigenvalue weighted by molar-refractivity contribution is 0.0612. The predicted octanol–water partition coefficient (Wildman–Crippen LogP) is 6.26. The van der Waals surface area contributed by atoms with Crippen molar-refractivity contribution >= 4 is 55.2 Å². The van der Waals surface area contributed by atoms with Crippen molar-refractivity contribution in [1.82, 2.24) is 14.5 Å². The number of hydrogen-bond acceptors (Lipinski definition) is 6. The molecule has 3 aromatic heterocycles. The van der Waals surface area contributed by atoms with E-state index in [0.717, 1.165) is 14.2 Å². The molecule has 2 aromatic carbocycles. The summed E-state index contributed by atoms with van der Waals surface area (Å²) in [5.74, 6) is -0.401. The van der Waals surface area contributed by atoms with E-state index in [1.807, 2.05) is 45.0 Å². The van der Waals surface area contributed by atoms with E-state index in [1.165, 1.54) is 29.5 Å². The van der Waals surface area contributed by atoms with Gasteiger partial charge in [0.25, 0.3) is 11.5 Å². The van der Waals surface area contributed by atoms with Crippen LogP contribution in [0.5, 0.6) is 0 Å². The molecule has 0 fully saturated rings. The third kappa shape index (κ3) is 5.28. The van der Waals surface area contributed by atoms with Gasteiger partial charge in [0.2, 0.25) is 5.58 Å². The van der Waals surface area contributed by atoms with Gasteiger partial charge in [0.15, 0.2) is 0 Å². The van der Waals surface area contributed by atoms with E-state index in [1.54, 1.807) is 21.6 Å². The molecule has 5 aromatic rings. The van der Waals surface area contributed by atoms with Crippen LogP contribution in [0.4, 0.5) is 4.39 Å². The lowest BCUT2D eigenvalue weighted by atomic mass is 9.99. The maximum atomic E-state index is 14.2. The third-order valence-electron chi connectivity index (χ3n) is 6.67. The lowest BCUT2D eigenvalue weighted by Gasteiger charge is -2.35. The number of rotatable bonds is 8. The highest BCUT2D eigenvalue weighted by Gasteiger charge is 2.33. The first kappa shape index (κ1) is 27.2. The first-order valence-electron chi connectivity index (χ1n) is 12.6. The van der Waals surface area contributed by atoms with Gasteiger partial charge in [0.05, 0.1) is 16.4 Å². The quantitative estimate of drug-likeness (QED) is 0.224. The van der Waals surface area contributed by atoms with Gasteiger partial charge in [-0.1, -0.05) is 31.5 Å². The van der Waals surface area contributed by atoms with Crippen LogP contribution in [0.25, 0.3) is 22.1 Å². The molecule has 0 saturated carbocycles. The van der Waals surface area contributed by atoms with E-state index in [0.29, 0.717) is 22.4 Å². The second-order valence-electron chi connectivity index (χ2n) is 9.83. The zero-order chi connectivity index (χ0) is 27.8. The van der Waals surface area contributed by atoms with Crippen LogP contribution in [0.1, 0.15) is 46.5 Å². The number of carbonyl (C=O) groups is 1. The third-order valence-corrected chi connectivity index (χ3v) is 8.28. The fourth-order valence-electron chi connectivity index (χ4n) is 4.85. The minimum absolute atomic E-state index is 0.0488. The van der Waals surface area contributed by atoms with Crippen molar-refractivity contribution in [2.24, 2.45) is 11.7 Å². The van der Waals surface area contributed by atoms with Crippen molar-refractivity contribution in [2.45, 2.75) is 33.4 Å². The van der Waals surface area contributed by atoms with Crippen LogP contribution >= 0.6 is 27.3 Å². The summed E-state index contributed by atoms with van der Waals surface area (Å²) < 4.78 is 22.6. The van der Waals surface area contributed by atoms with E-state index in [2.05, 4.69) is 15.9 Å². The molecule has 0 saturated heterocycles. The van der Waals surface area contributed by atoms with Crippen molar-refractivity contribution in [3.63, 3.8) is 0 Å². The number of aromatic nitrogens is 2. The number of benzene rings is 2. The van der Waals surface area contributed by atoms with Crippen molar-refractivity contribution in [1.29, 1.82) is 0 Å². The largest absolute Gasteiger partial charge is 0.448 e. The minimum atomic E-state index is -0.596. The van der Waals surface area contributed by atoms with E-state index in [9.17, 15) is 14.0 Å². The summed E-state index contributed by atoms with van der Waals surface area (Å²) in [6.45, 7) is 6.64. The van der Waals surface area contributed by atoms with E-state index in [4.69, 9.17) is 15.1 Å². The van der Waals surface area contributed by atoms with E-state index < -0.39 is 17.4 Å². The van der Waals surface area contributed by atoms with Gasteiger partial charge in [-0.3, -0.25) is 14.2 Å². The molecule has 0 aliphatic heterocycles. The van der Waals surface area contributed by atoms with E-state index >= 15 is 0 Å². The van der Waals surface area contributed by atoms with Crippen LogP contribution < -0.4 is 11.3 Å². The first-order chi connectivity index (χ1) is 18.7. The Morgan fingerprint density at radius 2 is 1.92 bits per heavy atom. The van der Waals surface area contributed by atoms with E-state index in [-0.39, 0.29) is 42.6 Å². The molecule has 0 spiro atoms. The standard InChI is InChI=1S/C29H28BrFN4O3S/c1-16(2)25(34(13-12-32)28(36)18-6-4-17(3)5-7-18)27-33-24-21-14-19(31)8-10-22(21)38-26(24)29(37)35(27)15-20-9-11-23(30)39-20/h4-11,14,16,25H,12-13,15,32H2,1-3H3/t25-/m1/s1. The number of amides is 1. The van der Waals surface area contributed by atoms with Gasteiger partial charge in [-0.2, -0.15) is 0 Å². The predicted molar refractivity (Wildman–Crippen MR) is 156 cm³/mol. The van der Waals surface area contributed by atoms with Crippen molar-refractivity contribution < 1.29 is 13.6 Å². The number of thiophene rings is 1. The number of hydrogen-bond donors (Lipinski definition) is 1. The van der Waals surface area contributed by atoms with Gasteiger partial charge in [-0.05, 0) is 71.2 Å². The van der Waals surface area contributed by atoms with Crippen LogP contribution in [0.15, 0.2) is 67.6 Å². The Labute approximate surface area is 237 Å². The van der Waals surface area contributed by atoms with Gasteiger partial charge in [-0.25, -0.2) is 9.37 Å². The summed E-state index contributed by atoms with van der Waals surface area (Å²) in [6, 6.07) is 14.7. The molecule has 1 amide bonds. The van der Waals surface area contributed by atoms with Crippen molar-refractivity contribution in [3.8, 4) is 0 Å². The summed E-state index contributed by atoms with van der Waals surface area (Å²) in [4.78, 5) is 35.4. The monoisotopic (exact) mass is 610 g/mol. The molecule has 5 rings (SSSR count). The number of fused-ring (bicyclic) bond motifs is 3. The van der Waals surface area contributed by atoms with Crippen LogP contribution in [-0.4, -0.2) is 33.4 Å².